The van der Waals surface area contributed by atoms with Crippen molar-refractivity contribution >= 4 is 24.3 Å². The lowest BCUT2D eigenvalue weighted by molar-refractivity contribution is -0.152. The van der Waals surface area contributed by atoms with Crippen molar-refractivity contribution in [1.82, 2.24) is 0 Å². The van der Waals surface area contributed by atoms with Gasteiger partial charge in [-0.2, -0.15) is 0 Å². The molecule has 0 rings (SSSR count). The van der Waals surface area contributed by atoms with Crippen molar-refractivity contribution in [2.75, 3.05) is 0 Å². The number of carboxylic acids is 1. The second kappa shape index (κ2) is 12.6. The van der Waals surface area contributed by atoms with Crippen LogP contribution in [0.1, 0.15) is 55.4 Å². The molecule has 136 valence electrons. The summed E-state index contributed by atoms with van der Waals surface area (Å²) in [5, 5.41) is 16.2. The second-order valence-electron chi connectivity index (χ2n) is 6.30. The van der Waals surface area contributed by atoms with E-state index in [0.29, 0.717) is 0 Å². The standard InChI is InChI=1S/C7H15NO2.C4H9NO2.C3H8O.ClH/c1-5(2)10-6(9)7(3,4)8;1-4(2,5)3(6)7;1-3(2)4;/h5H,8H2,1-4H3;5H2,1-2H3,(H,6,7);3-4H,1-2H3;1H. The first-order valence-corrected chi connectivity index (χ1v) is 6.72. The van der Waals surface area contributed by atoms with E-state index in [-0.39, 0.29) is 30.6 Å². The fourth-order valence-electron chi connectivity index (χ4n) is 0.366. The lowest BCUT2D eigenvalue weighted by Gasteiger charge is -2.18. The monoisotopic (exact) mass is 344 g/mol. The van der Waals surface area contributed by atoms with Crippen molar-refractivity contribution in [3.05, 3.63) is 0 Å². The number of carbonyl (C=O) groups is 2. The summed E-state index contributed by atoms with van der Waals surface area (Å²) in [6, 6.07) is 0. The molecule has 0 heterocycles. The van der Waals surface area contributed by atoms with Crippen LogP contribution >= 0.6 is 12.4 Å². The molecule has 8 heteroatoms. The molecule has 0 fully saturated rings. The van der Waals surface area contributed by atoms with Crippen LogP contribution in [0.25, 0.3) is 0 Å². The second-order valence-corrected chi connectivity index (χ2v) is 6.30. The van der Waals surface area contributed by atoms with E-state index in [4.69, 9.17) is 26.4 Å². The number of aliphatic carboxylic acids is 1. The van der Waals surface area contributed by atoms with Crippen LogP contribution < -0.4 is 11.5 Å². The van der Waals surface area contributed by atoms with Crippen molar-refractivity contribution < 1.29 is 24.5 Å². The van der Waals surface area contributed by atoms with Gasteiger partial charge in [0.2, 0.25) is 0 Å². The molecule has 0 atom stereocenters. The quantitative estimate of drug-likeness (QED) is 0.566. The Morgan fingerprint density at radius 3 is 1.23 bits per heavy atom. The van der Waals surface area contributed by atoms with Gasteiger partial charge in [0, 0.05) is 6.10 Å². The predicted octanol–water partition coefficient (Wildman–Crippen LogP) is 1.29. The Hall–Kier alpha value is -0.890. The van der Waals surface area contributed by atoms with Crippen LogP contribution in [0.5, 0.6) is 0 Å². The minimum absolute atomic E-state index is 0. The van der Waals surface area contributed by atoms with E-state index in [9.17, 15) is 9.59 Å². The normalized spacial score (nSPS) is 10.6. The number of ether oxygens (including phenoxy) is 1. The first kappa shape index (κ1) is 29.2. The molecule has 0 saturated carbocycles. The van der Waals surface area contributed by atoms with Crippen molar-refractivity contribution in [3.63, 3.8) is 0 Å². The predicted molar refractivity (Wildman–Crippen MR) is 90.0 cm³/mol. The zero-order valence-corrected chi connectivity index (χ0v) is 15.7. The Bertz CT molecular complexity index is 305. The molecule has 0 aliphatic heterocycles. The van der Waals surface area contributed by atoms with Crippen molar-refractivity contribution in [1.29, 1.82) is 0 Å². The minimum atomic E-state index is -1.08. The number of aliphatic hydroxyl groups excluding tert-OH is 1. The maximum Gasteiger partial charge on any atom is 0.325 e. The summed E-state index contributed by atoms with van der Waals surface area (Å²) < 4.78 is 4.85. The van der Waals surface area contributed by atoms with Crippen molar-refractivity contribution in [3.8, 4) is 0 Å². The lowest BCUT2D eigenvalue weighted by Crippen LogP contribution is -2.43. The van der Waals surface area contributed by atoms with Crippen LogP contribution in [0.15, 0.2) is 0 Å². The van der Waals surface area contributed by atoms with Gasteiger partial charge in [0.1, 0.15) is 11.1 Å². The van der Waals surface area contributed by atoms with Gasteiger partial charge in [0.15, 0.2) is 0 Å². The highest BCUT2D eigenvalue weighted by Crippen LogP contribution is 2.02. The molecule has 0 spiro atoms. The fraction of sp³-hybridized carbons (Fsp3) is 0.857. The topological polar surface area (TPSA) is 136 Å². The Morgan fingerprint density at radius 2 is 1.18 bits per heavy atom. The molecule has 7 nitrogen and oxygen atoms in total. The van der Waals surface area contributed by atoms with Crippen molar-refractivity contribution in [2.45, 2.75) is 78.7 Å². The van der Waals surface area contributed by atoms with E-state index in [2.05, 4.69) is 0 Å². The number of halogens is 1. The van der Waals surface area contributed by atoms with E-state index in [1.54, 1.807) is 41.5 Å². The highest BCUT2D eigenvalue weighted by atomic mass is 35.5. The Morgan fingerprint density at radius 1 is 0.955 bits per heavy atom. The Balaban J connectivity index is -0.000000118. The van der Waals surface area contributed by atoms with Gasteiger partial charge in [-0.05, 0) is 55.4 Å². The molecule has 0 saturated heterocycles. The van der Waals surface area contributed by atoms with E-state index in [0.717, 1.165) is 0 Å². The van der Waals surface area contributed by atoms with Gasteiger partial charge in [-0.3, -0.25) is 9.59 Å². The smallest absolute Gasteiger partial charge is 0.325 e. The summed E-state index contributed by atoms with van der Waals surface area (Å²) in [5.74, 6) is -1.34. The molecule has 0 aliphatic rings. The van der Waals surface area contributed by atoms with Crippen molar-refractivity contribution in [2.24, 2.45) is 11.5 Å². The highest BCUT2D eigenvalue weighted by Gasteiger charge is 2.24. The Kier molecular flexibility index (Phi) is 16.7. The highest BCUT2D eigenvalue weighted by molar-refractivity contribution is 5.85. The summed E-state index contributed by atoms with van der Waals surface area (Å²) in [6.07, 6.45) is -0.254. The maximum atomic E-state index is 10.9. The number of carbonyl (C=O) groups excluding carboxylic acids is 1. The number of carboxylic acid groups (broad SMARTS) is 1. The summed E-state index contributed by atoms with van der Waals surface area (Å²) >= 11 is 0. The maximum absolute atomic E-state index is 10.9. The third-order valence-electron chi connectivity index (χ3n) is 1.42. The number of hydrogen-bond donors (Lipinski definition) is 4. The van der Waals surface area contributed by atoms with Gasteiger partial charge in [0.25, 0.3) is 0 Å². The van der Waals surface area contributed by atoms with Gasteiger partial charge < -0.3 is 26.4 Å². The summed E-state index contributed by atoms with van der Waals surface area (Å²) in [7, 11) is 0. The molecule has 22 heavy (non-hydrogen) atoms. The third kappa shape index (κ3) is 27.5. The van der Waals surface area contributed by atoms with Crippen LogP contribution in [0, 0.1) is 0 Å². The number of nitrogens with two attached hydrogens (primary N) is 2. The SMILES string of the molecule is CC(C)(N)C(=O)O.CC(C)O.CC(C)OC(=O)C(C)(C)N.Cl. The summed E-state index contributed by atoms with van der Waals surface area (Å²) in [5.41, 5.74) is 8.58. The Labute approximate surface area is 139 Å². The molecule has 0 bridgehead atoms. The van der Waals surface area contributed by atoms with Crippen LogP contribution in [0.3, 0.4) is 0 Å². The van der Waals surface area contributed by atoms with E-state index >= 15 is 0 Å². The van der Waals surface area contributed by atoms with Gasteiger partial charge in [-0.25, -0.2) is 0 Å². The molecule has 0 amide bonds. The fourth-order valence-corrected chi connectivity index (χ4v) is 0.366. The number of rotatable bonds is 3. The van der Waals surface area contributed by atoms with Crippen LogP contribution in [-0.2, 0) is 14.3 Å². The average Bonchev–Trinajstić information content (AvgIpc) is 2.12. The van der Waals surface area contributed by atoms with E-state index < -0.39 is 17.0 Å². The zero-order chi connectivity index (χ0) is 18.0. The largest absolute Gasteiger partial charge is 0.480 e. The molecule has 0 aromatic rings. The van der Waals surface area contributed by atoms with E-state index in [1.807, 2.05) is 0 Å². The molecule has 0 aliphatic carbocycles. The number of esters is 1. The molecule has 0 radical (unpaired) electrons. The zero-order valence-electron chi connectivity index (χ0n) is 14.8. The average molecular weight is 345 g/mol. The van der Waals surface area contributed by atoms with Gasteiger partial charge in [0.05, 0.1) is 6.10 Å². The van der Waals surface area contributed by atoms with Crippen LogP contribution in [0.2, 0.25) is 0 Å². The first-order valence-electron chi connectivity index (χ1n) is 6.72. The molecule has 0 aromatic heterocycles. The molecule has 6 N–H and O–H groups in total. The molecule has 0 unspecified atom stereocenters. The number of aliphatic hydroxyl groups is 1. The number of hydrogen-bond acceptors (Lipinski definition) is 6. The van der Waals surface area contributed by atoms with Crippen LogP contribution in [0.4, 0.5) is 0 Å². The summed E-state index contributed by atoms with van der Waals surface area (Å²) in [6.45, 7) is 13.2. The first-order chi connectivity index (χ1) is 9.01. The molecular formula is C14H33ClN2O5. The van der Waals surface area contributed by atoms with Gasteiger partial charge in [-0.1, -0.05) is 0 Å². The third-order valence-corrected chi connectivity index (χ3v) is 1.42. The minimum Gasteiger partial charge on any atom is -0.480 e. The molecule has 0 aromatic carbocycles. The molecular weight excluding hydrogens is 312 g/mol. The summed E-state index contributed by atoms with van der Waals surface area (Å²) in [4.78, 5) is 20.8. The van der Waals surface area contributed by atoms with Gasteiger partial charge in [-0.15, -0.1) is 12.4 Å². The van der Waals surface area contributed by atoms with Crippen LogP contribution in [-0.4, -0.2) is 45.4 Å². The van der Waals surface area contributed by atoms with Gasteiger partial charge >= 0.3 is 11.9 Å². The van der Waals surface area contributed by atoms with E-state index in [1.165, 1.54) is 13.8 Å². The lowest BCUT2D eigenvalue weighted by atomic mass is 10.1.